The molecular weight excluding hydrogens is 1410 g/mol. The number of Topliss-reactive ketones (excluding diaryl/α,β-unsaturated/α-hetero) is 2. The number of aliphatic hydroxyl groups is 3. The summed E-state index contributed by atoms with van der Waals surface area (Å²) in [4.78, 5) is 71.7. The molecule has 18 aliphatic rings. The number of alkyl halides is 4. The molecule has 2 aliphatic heterocycles. The largest absolute Gasteiger partial charge is 1.00 e. The molecule has 2 saturated heterocycles. The fourth-order valence-electron chi connectivity index (χ4n) is 23.4. The van der Waals surface area contributed by atoms with Crippen molar-refractivity contribution in [3.8, 4) is 0 Å². The zero-order valence-electron chi connectivity index (χ0n) is 63.5. The summed E-state index contributed by atoms with van der Waals surface area (Å²) in [5, 5.41) is 33.1. The minimum atomic E-state index is -3.60. The second-order valence-corrected chi connectivity index (χ2v) is 39.2. The molecule has 16 nitrogen and oxygen atoms in total. The Morgan fingerprint density at radius 1 is 0.477 bits per heavy atom. The Balaban J connectivity index is 0.000000179. The second-order valence-electron chi connectivity index (χ2n) is 34.5. The quantitative estimate of drug-likeness (QED) is 0.0295. The summed E-state index contributed by atoms with van der Waals surface area (Å²) >= 11 is 0. The number of carbonyl (C=O) groups excluding carboxylic acids is 6. The van der Waals surface area contributed by atoms with E-state index in [-0.39, 0.29) is 82.0 Å². The van der Waals surface area contributed by atoms with Gasteiger partial charge in [-0.1, -0.05) is 81.9 Å². The van der Waals surface area contributed by atoms with E-state index in [9.17, 15) is 61.6 Å². The first-order valence-corrected chi connectivity index (χ1v) is 42.2. The number of nitrogens with two attached hydrogens (primary N) is 1. The van der Waals surface area contributed by atoms with Crippen LogP contribution in [0.25, 0.3) is 6.15 Å². The Kier molecular flexibility index (Phi) is 30.1. The number of hydrogen-bond acceptors (Lipinski definition) is 15. The molecule has 2 aromatic rings. The van der Waals surface area contributed by atoms with Crippen molar-refractivity contribution < 1.29 is 109 Å². The predicted octanol–water partition coefficient (Wildman–Crippen LogP) is 10.1. The van der Waals surface area contributed by atoms with Gasteiger partial charge in [0.15, 0.2) is 11.5 Å². The van der Waals surface area contributed by atoms with E-state index in [1.807, 2.05) is 60.7 Å². The first-order chi connectivity index (χ1) is 49.0. The van der Waals surface area contributed by atoms with Gasteiger partial charge in [-0.15, -0.1) is 0 Å². The van der Waals surface area contributed by atoms with Crippen molar-refractivity contribution >= 4 is 86.8 Å². The number of halogens is 4. The van der Waals surface area contributed by atoms with Gasteiger partial charge in [-0.25, -0.2) is 19.2 Å². The van der Waals surface area contributed by atoms with Gasteiger partial charge in [-0.05, 0) is 222 Å². The molecule has 582 valence electrons. The number of hydrogen-bond donors (Lipinski definition) is 3. The van der Waals surface area contributed by atoms with Crippen molar-refractivity contribution in [3.05, 3.63) is 77.9 Å². The van der Waals surface area contributed by atoms with Crippen molar-refractivity contribution in [3.63, 3.8) is 0 Å². The van der Waals surface area contributed by atoms with Crippen molar-refractivity contribution in [2.24, 2.45) is 59.2 Å². The second kappa shape index (κ2) is 36.0. The molecule has 0 aromatic heterocycles. The minimum absolute atomic E-state index is 0. The molecule has 0 amide bonds. The molecule has 107 heavy (non-hydrogen) atoms. The van der Waals surface area contributed by atoms with Crippen LogP contribution in [0.15, 0.2) is 60.7 Å². The zero-order chi connectivity index (χ0) is 74.9. The van der Waals surface area contributed by atoms with Crippen LogP contribution < -0.4 is 18.9 Å². The Hall–Kier alpha value is -3.30. The maximum Gasteiger partial charge on any atom is 1.00 e. The van der Waals surface area contributed by atoms with Crippen LogP contribution >= 0.6 is 0 Å². The SMILES string of the molecule is C.CCC1(OC(=O)COC23CC4CC(O)(C2)CC(OC(=O)C(C)(F)F)(C4)C3)C2CC3CC(C2)CC1C3.CCC1(OC(=O)COC23CC4CC(O)(CC(O)(C4)C2)C3)C2CC3CC(C2)CC1C3.COC(=O)C(C)(F)F.O=C(C[S+]1CCCC1)c1ccccc1.O=C(C[S+]1CCCC1)c1ccccc1.[B]B([B])[B].[Li+].[NH2-]. The summed E-state index contributed by atoms with van der Waals surface area (Å²) in [6.07, 6.45) is 24.7. The molecular formula is C80H116B4F4LiNO15S2+2. The summed E-state index contributed by atoms with van der Waals surface area (Å²) in [6, 6.07) is 19.3. The van der Waals surface area contributed by atoms with E-state index in [2.05, 4.69) is 41.8 Å². The molecule has 27 heteroatoms. The summed E-state index contributed by atoms with van der Waals surface area (Å²) < 4.78 is 84.7. The van der Waals surface area contributed by atoms with Gasteiger partial charge in [0.2, 0.25) is 11.6 Å². The fraction of sp³-hybridized carbons (Fsp3) is 0.775. The predicted molar refractivity (Wildman–Crippen MR) is 408 cm³/mol. The normalized spacial score (nSPS) is 37.0. The Bertz CT molecular complexity index is 3190. The van der Waals surface area contributed by atoms with Crippen molar-refractivity contribution in [2.45, 2.75) is 272 Å². The van der Waals surface area contributed by atoms with Crippen LogP contribution in [0, 0.1) is 59.2 Å². The van der Waals surface area contributed by atoms with Gasteiger partial charge < -0.3 is 49.9 Å². The number of esters is 4. The molecule has 5 N–H and O–H groups in total. The van der Waals surface area contributed by atoms with Gasteiger partial charge in [0.05, 0.1) is 35.1 Å². The topological polar surface area (TPSA) is 252 Å². The summed E-state index contributed by atoms with van der Waals surface area (Å²) in [5.74, 6) is 2.11. The average Bonchev–Trinajstić information content (AvgIpc) is 0.774. The molecule has 6 atom stereocenters. The molecule has 6 unspecified atom stereocenters. The zero-order valence-corrected chi connectivity index (χ0v) is 65.1. The fourth-order valence-corrected chi connectivity index (χ4v) is 27.9. The van der Waals surface area contributed by atoms with Crippen LogP contribution in [0.2, 0.25) is 0 Å². The van der Waals surface area contributed by atoms with Crippen LogP contribution in [-0.4, -0.2) is 192 Å². The number of ketones is 2. The third-order valence-electron chi connectivity index (χ3n) is 25.9. The number of rotatable bonds is 19. The molecule has 16 saturated carbocycles. The van der Waals surface area contributed by atoms with E-state index in [0.29, 0.717) is 122 Å². The number of benzene rings is 2. The van der Waals surface area contributed by atoms with Crippen molar-refractivity contribution in [1.82, 2.24) is 0 Å². The standard InChI is InChI=1S/C27H38F2O6.C24H36O5.2C12H15OS.C4H6F2O2.CH4.B4.Li.H2N/c1-3-27(19-5-16-4-17(7-19)8-20(27)6-16)34-21(30)12-33-25-10-18-9-24(32,13-25)14-26(11-18,15-25)35-22(31)23(2,28)29;1-2-24(18-4-15-3-16(6-18)7-19(24)5-15)29-20(25)11-28-23-10-17-8-21(26,13-23)12-22(27,9-17)14-23;2*13-12(10-14-8-4-5-9-14)11-6-2-1-3-7-11;1-4(5,6)3(7)8-2;;1-4(2)3;;/h16-20,32H,3-15H2,1-2H3;15-19,26-27H,2-14H2,1H3;2*1-3,6-7H,4-5,8-10H2;1-2H3;1H4;;;1H2/q;;2*+1;;;;+1;-1. The molecule has 20 rings (SSSR count). The minimum Gasteiger partial charge on any atom is -0.693 e. The van der Waals surface area contributed by atoms with Crippen LogP contribution in [0.5, 0.6) is 0 Å². The van der Waals surface area contributed by atoms with E-state index in [0.717, 1.165) is 111 Å². The molecule has 0 spiro atoms. The van der Waals surface area contributed by atoms with Crippen LogP contribution in [0.1, 0.15) is 236 Å². The van der Waals surface area contributed by atoms with Crippen LogP contribution in [0.4, 0.5) is 17.6 Å². The first kappa shape index (κ1) is 89.3. The molecule has 16 bridgehead atoms. The monoisotopic (exact) mass is 1520 g/mol. The van der Waals surface area contributed by atoms with E-state index in [4.69, 9.17) is 23.7 Å². The molecule has 18 fully saturated rings. The third kappa shape index (κ3) is 21.6. The van der Waals surface area contributed by atoms with Crippen LogP contribution in [0.3, 0.4) is 0 Å². The van der Waals surface area contributed by atoms with Gasteiger partial charge in [0.25, 0.3) is 0 Å². The summed E-state index contributed by atoms with van der Waals surface area (Å²) in [6.45, 7) is 5.03. The number of carbonyl (C=O) groups is 6. The smallest absolute Gasteiger partial charge is 0.693 e. The van der Waals surface area contributed by atoms with E-state index < -0.39 is 69.4 Å². The Morgan fingerprint density at radius 3 is 1.08 bits per heavy atom. The third-order valence-corrected chi connectivity index (χ3v) is 30.8. The number of methoxy groups -OCH3 is 1. The summed E-state index contributed by atoms with van der Waals surface area (Å²) in [5.41, 5.74) is -4.35. The number of ether oxygens (including phenoxy) is 6. The Labute approximate surface area is 655 Å². The van der Waals surface area contributed by atoms with E-state index in [1.54, 1.807) is 0 Å². The van der Waals surface area contributed by atoms with Gasteiger partial charge in [-0.3, -0.25) is 9.59 Å². The van der Waals surface area contributed by atoms with Gasteiger partial charge >= 0.3 is 54.6 Å². The van der Waals surface area contributed by atoms with Gasteiger partial charge in [0, 0.05) is 93.1 Å². The molecule has 2 heterocycles. The summed E-state index contributed by atoms with van der Waals surface area (Å²) in [7, 11) is 15.7. The van der Waals surface area contributed by atoms with Crippen LogP contribution in [-0.2, 0) is 69.4 Å². The Morgan fingerprint density at radius 2 is 0.785 bits per heavy atom. The molecule has 2 aromatic carbocycles. The van der Waals surface area contributed by atoms with E-state index in [1.165, 1.54) is 87.2 Å². The average molecular weight is 1520 g/mol. The van der Waals surface area contributed by atoms with Crippen molar-refractivity contribution in [2.75, 3.05) is 54.8 Å². The van der Waals surface area contributed by atoms with Gasteiger partial charge in [0.1, 0.15) is 53.0 Å². The first-order valence-electron chi connectivity index (χ1n) is 38.7. The van der Waals surface area contributed by atoms with E-state index >= 15 is 0 Å². The maximum atomic E-state index is 13.6. The maximum absolute atomic E-state index is 13.6. The van der Waals surface area contributed by atoms with Crippen molar-refractivity contribution in [1.29, 1.82) is 0 Å². The van der Waals surface area contributed by atoms with Gasteiger partial charge in [-0.2, -0.15) is 17.6 Å². The molecule has 6 radical (unpaired) electrons. The molecule has 16 aliphatic carbocycles.